The molecule has 1 N–H and O–H groups in total. The number of aryl methyl sites for hydroxylation is 1. The zero-order valence-electron chi connectivity index (χ0n) is 17.7. The number of nitrogens with one attached hydrogen (secondary N) is 1. The number of hydrogen-bond donors (Lipinski definition) is 1. The van der Waals surface area contributed by atoms with E-state index in [1.807, 2.05) is 54.3 Å². The van der Waals surface area contributed by atoms with E-state index < -0.39 is 0 Å². The van der Waals surface area contributed by atoms with Crippen LogP contribution in [-0.2, 0) is 6.42 Å². The summed E-state index contributed by atoms with van der Waals surface area (Å²) in [6.07, 6.45) is 1.92. The van der Waals surface area contributed by atoms with E-state index in [4.69, 9.17) is 22.1 Å². The smallest absolute Gasteiger partial charge is 0.253 e. The number of carbonyl (C=O) groups is 1. The molecule has 1 amide bonds. The van der Waals surface area contributed by atoms with Gasteiger partial charge in [0.25, 0.3) is 5.91 Å². The average molecular weight is 444 g/mol. The Labute approximate surface area is 192 Å². The van der Waals surface area contributed by atoms with Gasteiger partial charge in [0.2, 0.25) is 0 Å². The third-order valence-corrected chi connectivity index (χ3v) is 6.26. The average Bonchev–Trinajstić information content (AvgIpc) is 3.19. The van der Waals surface area contributed by atoms with Crippen LogP contribution in [0.3, 0.4) is 0 Å². The maximum absolute atomic E-state index is 13.2. The first-order chi connectivity index (χ1) is 15.5. The number of nitrogens with zero attached hydrogens (tertiary/aromatic N) is 4. The topological polar surface area (TPSA) is 96.6 Å². The fourth-order valence-corrected chi connectivity index (χ4v) is 4.43. The van der Waals surface area contributed by atoms with Gasteiger partial charge in [0.05, 0.1) is 24.1 Å². The molecule has 3 aromatic rings. The molecule has 2 aromatic carbocycles. The summed E-state index contributed by atoms with van der Waals surface area (Å²) in [5.41, 5.74) is 4.78. The largest absolute Gasteiger partial charge is 0.339 e. The number of carbonyl (C=O) groups excluding carboxylic acids is 1. The minimum absolute atomic E-state index is 0.00608. The van der Waals surface area contributed by atoms with Gasteiger partial charge in [0, 0.05) is 24.2 Å². The Morgan fingerprint density at radius 2 is 1.91 bits per heavy atom. The predicted molar refractivity (Wildman–Crippen MR) is 122 cm³/mol. The van der Waals surface area contributed by atoms with Gasteiger partial charge in [0.1, 0.15) is 16.7 Å². The van der Waals surface area contributed by atoms with Crippen LogP contribution in [0.15, 0.2) is 42.5 Å². The molecule has 0 radical (unpaired) electrons. The molecular weight excluding hydrogens is 422 g/mol. The van der Waals surface area contributed by atoms with Crippen LogP contribution in [-0.4, -0.2) is 33.9 Å². The second-order valence-corrected chi connectivity index (χ2v) is 8.39. The lowest BCUT2D eigenvalue weighted by Crippen LogP contribution is -2.37. The Hall–Kier alpha value is -3.61. The van der Waals surface area contributed by atoms with E-state index >= 15 is 0 Å². The van der Waals surface area contributed by atoms with Gasteiger partial charge in [-0.05, 0) is 61.1 Å². The fraction of sp³-hybridized carbons (Fsp3) is 0.280. The van der Waals surface area contributed by atoms with Crippen molar-refractivity contribution in [2.75, 3.05) is 13.1 Å². The van der Waals surface area contributed by atoms with Crippen molar-refractivity contribution in [2.24, 2.45) is 0 Å². The molecule has 0 saturated carbocycles. The number of benzene rings is 2. The quantitative estimate of drug-likeness (QED) is 0.613. The second kappa shape index (κ2) is 9.26. The predicted octanol–water partition coefficient (Wildman–Crippen LogP) is 5.00. The van der Waals surface area contributed by atoms with E-state index in [0.29, 0.717) is 46.8 Å². The number of aromatic nitrogens is 2. The number of amides is 1. The van der Waals surface area contributed by atoms with E-state index in [1.54, 1.807) is 0 Å². The van der Waals surface area contributed by atoms with E-state index in [1.165, 1.54) is 5.56 Å². The van der Waals surface area contributed by atoms with E-state index in [9.17, 15) is 4.79 Å². The molecule has 7 heteroatoms. The fourth-order valence-electron chi connectivity index (χ4n) is 4.17. The Morgan fingerprint density at radius 1 is 1.19 bits per heavy atom. The molecule has 2 heterocycles. The lowest BCUT2D eigenvalue weighted by molar-refractivity contribution is 0.0713. The van der Waals surface area contributed by atoms with Gasteiger partial charge >= 0.3 is 0 Å². The van der Waals surface area contributed by atoms with Crippen LogP contribution in [0.2, 0.25) is 5.15 Å². The van der Waals surface area contributed by atoms with Crippen LogP contribution in [0.4, 0.5) is 0 Å². The molecule has 6 nitrogen and oxygen atoms in total. The normalized spacial score (nSPS) is 14.1. The summed E-state index contributed by atoms with van der Waals surface area (Å²) in [6, 6.07) is 17.5. The number of aromatic amines is 1. The van der Waals surface area contributed by atoms with Crippen LogP contribution < -0.4 is 0 Å². The summed E-state index contributed by atoms with van der Waals surface area (Å²) < 4.78 is 0. The molecule has 160 valence electrons. The van der Waals surface area contributed by atoms with Crippen molar-refractivity contribution >= 4 is 17.5 Å². The van der Waals surface area contributed by atoms with Gasteiger partial charge in [-0.25, -0.2) is 4.98 Å². The molecular formula is C25H22ClN5O. The SMILES string of the molecule is Cc1ccc(C(=O)N2CCC(c3ccc(C#N)cc3)CC2)cc1-c1nc(CC#N)[nH]c1Cl. The third-order valence-electron chi connectivity index (χ3n) is 5.99. The third kappa shape index (κ3) is 4.37. The monoisotopic (exact) mass is 443 g/mol. The van der Waals surface area contributed by atoms with Gasteiger partial charge < -0.3 is 9.88 Å². The number of likely N-dealkylation sites (tertiary alicyclic amines) is 1. The molecule has 0 unspecified atom stereocenters. The molecule has 0 atom stereocenters. The molecule has 1 saturated heterocycles. The summed E-state index contributed by atoms with van der Waals surface area (Å²) in [7, 11) is 0. The maximum atomic E-state index is 13.2. The van der Waals surface area contributed by atoms with Gasteiger partial charge in [0.15, 0.2) is 0 Å². The summed E-state index contributed by atoms with van der Waals surface area (Å²) in [6.45, 7) is 3.31. The first kappa shape index (κ1) is 21.6. The van der Waals surface area contributed by atoms with Crippen molar-refractivity contribution in [3.63, 3.8) is 0 Å². The number of H-pyrrole nitrogens is 1. The molecule has 32 heavy (non-hydrogen) atoms. The van der Waals surface area contributed by atoms with E-state index in [2.05, 4.69) is 22.1 Å². The molecule has 0 spiro atoms. The zero-order valence-corrected chi connectivity index (χ0v) is 18.5. The lowest BCUT2D eigenvalue weighted by Gasteiger charge is -2.32. The van der Waals surface area contributed by atoms with Crippen molar-refractivity contribution in [1.82, 2.24) is 14.9 Å². The molecule has 1 aliphatic heterocycles. The minimum atomic E-state index is -0.00608. The molecule has 1 fully saturated rings. The molecule has 0 bridgehead atoms. The van der Waals surface area contributed by atoms with Crippen LogP contribution in [0, 0.1) is 29.6 Å². The van der Waals surface area contributed by atoms with Crippen LogP contribution in [0.25, 0.3) is 11.3 Å². The van der Waals surface area contributed by atoms with Crippen molar-refractivity contribution in [1.29, 1.82) is 10.5 Å². The van der Waals surface area contributed by atoms with E-state index in [-0.39, 0.29) is 12.3 Å². The highest BCUT2D eigenvalue weighted by Gasteiger charge is 2.25. The Kier molecular flexibility index (Phi) is 6.25. The van der Waals surface area contributed by atoms with Gasteiger partial charge in [-0.2, -0.15) is 10.5 Å². The van der Waals surface area contributed by atoms with E-state index in [0.717, 1.165) is 24.0 Å². The summed E-state index contributed by atoms with van der Waals surface area (Å²) in [5, 5.41) is 18.2. The first-order valence-electron chi connectivity index (χ1n) is 10.5. The lowest BCUT2D eigenvalue weighted by atomic mass is 9.88. The standard InChI is InChI=1S/C25H22ClN5O/c1-16-2-5-20(14-21(16)23-24(26)30-22(29-23)8-11-27)25(32)31-12-9-19(10-13-31)18-6-3-17(15-28)4-7-18/h2-7,14,19H,8-10,12-13H2,1H3,(H,29,30). The van der Waals surface area contributed by atoms with Crippen molar-refractivity contribution in [2.45, 2.75) is 32.1 Å². The number of piperidine rings is 1. The van der Waals surface area contributed by atoms with Gasteiger partial charge in [-0.3, -0.25) is 4.79 Å². The van der Waals surface area contributed by atoms with Crippen molar-refractivity contribution in [3.05, 3.63) is 75.7 Å². The minimum Gasteiger partial charge on any atom is -0.339 e. The van der Waals surface area contributed by atoms with Crippen LogP contribution in [0.1, 0.15) is 51.6 Å². The molecule has 4 rings (SSSR count). The molecule has 1 aromatic heterocycles. The summed E-state index contributed by atoms with van der Waals surface area (Å²) >= 11 is 6.32. The Bertz CT molecular complexity index is 1220. The highest BCUT2D eigenvalue weighted by Crippen LogP contribution is 2.32. The highest BCUT2D eigenvalue weighted by atomic mass is 35.5. The summed E-state index contributed by atoms with van der Waals surface area (Å²) in [5.74, 6) is 0.892. The summed E-state index contributed by atoms with van der Waals surface area (Å²) in [4.78, 5) is 22.5. The number of hydrogen-bond acceptors (Lipinski definition) is 4. The molecule has 0 aliphatic carbocycles. The number of rotatable bonds is 4. The Morgan fingerprint density at radius 3 is 2.56 bits per heavy atom. The first-order valence-corrected chi connectivity index (χ1v) is 10.9. The molecule has 1 aliphatic rings. The number of nitriles is 2. The highest BCUT2D eigenvalue weighted by molar-refractivity contribution is 6.32. The van der Waals surface area contributed by atoms with Crippen LogP contribution in [0.5, 0.6) is 0 Å². The Balaban J connectivity index is 1.49. The van der Waals surface area contributed by atoms with Crippen molar-refractivity contribution < 1.29 is 4.79 Å². The van der Waals surface area contributed by atoms with Crippen LogP contribution >= 0.6 is 11.6 Å². The van der Waals surface area contributed by atoms with Gasteiger partial charge in [-0.15, -0.1) is 0 Å². The second-order valence-electron chi connectivity index (χ2n) is 8.01. The zero-order chi connectivity index (χ0) is 22.7. The van der Waals surface area contributed by atoms with Gasteiger partial charge in [-0.1, -0.05) is 29.8 Å². The maximum Gasteiger partial charge on any atom is 0.253 e. The van der Waals surface area contributed by atoms with Crippen molar-refractivity contribution in [3.8, 4) is 23.4 Å². The number of halogens is 1. The number of imidazole rings is 1.